The molecule has 4 rings (SSSR count). The van der Waals surface area contributed by atoms with E-state index in [1.54, 1.807) is 30.6 Å². The molecule has 1 fully saturated rings. The molecule has 10 heteroatoms. The number of anilines is 1. The van der Waals surface area contributed by atoms with Crippen molar-refractivity contribution in [2.45, 2.75) is 11.3 Å². The van der Waals surface area contributed by atoms with Gasteiger partial charge in [0.15, 0.2) is 5.13 Å². The van der Waals surface area contributed by atoms with E-state index in [1.165, 1.54) is 17.5 Å². The van der Waals surface area contributed by atoms with Gasteiger partial charge in [0.05, 0.1) is 19.9 Å². The first kappa shape index (κ1) is 22.8. The summed E-state index contributed by atoms with van der Waals surface area (Å²) >= 11 is 7.62. The van der Waals surface area contributed by atoms with E-state index < -0.39 is 10.0 Å². The number of thiazole rings is 1. The Kier molecular flexibility index (Phi) is 6.90. The topological polar surface area (TPSA) is 72.0 Å². The summed E-state index contributed by atoms with van der Waals surface area (Å²) < 4.78 is 38.3. The van der Waals surface area contributed by atoms with Gasteiger partial charge in [-0.1, -0.05) is 23.7 Å². The van der Waals surface area contributed by atoms with Crippen LogP contribution in [0.3, 0.4) is 0 Å². The van der Waals surface area contributed by atoms with Crippen molar-refractivity contribution < 1.29 is 17.9 Å². The van der Waals surface area contributed by atoms with Crippen LogP contribution in [0.15, 0.2) is 52.7 Å². The number of nitrogens with zero attached hydrogens (tertiary/aromatic N) is 3. The summed E-state index contributed by atoms with van der Waals surface area (Å²) in [4.78, 5) is 6.99. The van der Waals surface area contributed by atoms with Crippen LogP contribution in [0.5, 0.6) is 11.5 Å². The Morgan fingerprint density at radius 3 is 2.56 bits per heavy atom. The zero-order valence-electron chi connectivity index (χ0n) is 17.8. The maximum absolute atomic E-state index is 13.2. The summed E-state index contributed by atoms with van der Waals surface area (Å²) in [5.41, 5.74) is 2.12. The first-order valence-electron chi connectivity index (χ1n) is 10.1. The van der Waals surface area contributed by atoms with Crippen LogP contribution in [0, 0.1) is 0 Å². The third-order valence-electron chi connectivity index (χ3n) is 5.31. The molecule has 7 nitrogen and oxygen atoms in total. The highest BCUT2D eigenvalue weighted by atomic mass is 35.5. The van der Waals surface area contributed by atoms with Gasteiger partial charge in [0, 0.05) is 43.0 Å². The van der Waals surface area contributed by atoms with Crippen molar-refractivity contribution in [3.63, 3.8) is 0 Å². The molecule has 0 atom stereocenters. The number of hydrogen-bond acceptors (Lipinski definition) is 7. The van der Waals surface area contributed by atoms with Gasteiger partial charge in [-0.15, -0.1) is 11.3 Å². The number of aromatic nitrogens is 1. The number of piperazine rings is 1. The van der Waals surface area contributed by atoms with Gasteiger partial charge in [-0.2, -0.15) is 4.31 Å². The Labute approximate surface area is 197 Å². The van der Waals surface area contributed by atoms with Crippen LogP contribution in [0.4, 0.5) is 5.13 Å². The second-order valence-corrected chi connectivity index (χ2v) is 10.5. The Bertz CT molecular complexity index is 1190. The lowest BCUT2D eigenvalue weighted by Crippen LogP contribution is -2.48. The molecule has 0 amide bonds. The molecule has 1 aromatic heterocycles. The van der Waals surface area contributed by atoms with E-state index in [9.17, 15) is 8.42 Å². The Hall–Kier alpha value is -2.33. The van der Waals surface area contributed by atoms with Crippen LogP contribution >= 0.6 is 22.9 Å². The van der Waals surface area contributed by atoms with Crippen molar-refractivity contribution in [2.75, 3.05) is 45.3 Å². The van der Waals surface area contributed by atoms with Crippen molar-refractivity contribution in [3.8, 4) is 11.5 Å². The van der Waals surface area contributed by atoms with E-state index in [4.69, 9.17) is 26.1 Å². The van der Waals surface area contributed by atoms with Crippen LogP contribution < -0.4 is 14.4 Å². The third kappa shape index (κ3) is 4.85. The predicted octanol–water partition coefficient (Wildman–Crippen LogP) is 3.92. The van der Waals surface area contributed by atoms with E-state index >= 15 is 0 Å². The number of hydrogen-bond donors (Lipinski definition) is 0. The molecule has 0 bridgehead atoms. The molecule has 0 aliphatic carbocycles. The summed E-state index contributed by atoms with van der Waals surface area (Å²) in [7, 11) is -0.601. The second-order valence-electron chi connectivity index (χ2n) is 7.34. The quantitative estimate of drug-likeness (QED) is 0.497. The standard InChI is InChI=1S/C22H24ClN3O4S2/c1-29-19-5-3-4-16(13-19)12-18-15-31-22(24-18)25-8-10-26(11-9-25)32(27,28)21-14-17(23)6-7-20(21)30-2/h3-7,13-15H,8-12H2,1-2H3. The van der Waals surface area contributed by atoms with Crippen LogP contribution in [-0.2, 0) is 16.4 Å². The fourth-order valence-electron chi connectivity index (χ4n) is 3.63. The SMILES string of the molecule is COc1cccc(Cc2csc(N3CCN(S(=O)(=O)c4cc(Cl)ccc4OC)CC3)n2)c1. The average Bonchev–Trinajstić information content (AvgIpc) is 3.27. The molecule has 1 aliphatic heterocycles. The molecule has 1 aliphatic rings. The smallest absolute Gasteiger partial charge is 0.246 e. The number of benzene rings is 2. The van der Waals surface area contributed by atoms with Crippen LogP contribution in [-0.4, -0.2) is 58.1 Å². The number of sulfonamides is 1. The number of methoxy groups -OCH3 is 2. The Balaban J connectivity index is 1.42. The van der Waals surface area contributed by atoms with Crippen molar-refractivity contribution in [1.29, 1.82) is 0 Å². The van der Waals surface area contributed by atoms with Crippen molar-refractivity contribution in [2.24, 2.45) is 0 Å². The highest BCUT2D eigenvalue weighted by Crippen LogP contribution is 2.31. The van der Waals surface area contributed by atoms with Crippen molar-refractivity contribution in [1.82, 2.24) is 9.29 Å². The van der Waals surface area contributed by atoms with Crippen LogP contribution in [0.2, 0.25) is 5.02 Å². The summed E-state index contributed by atoms with van der Waals surface area (Å²) in [5.74, 6) is 1.12. The zero-order valence-corrected chi connectivity index (χ0v) is 20.2. The second kappa shape index (κ2) is 9.66. The van der Waals surface area contributed by atoms with Gasteiger partial charge in [-0.3, -0.25) is 0 Å². The number of halogens is 1. The fourth-order valence-corrected chi connectivity index (χ4v) is 6.34. The van der Waals surface area contributed by atoms with E-state index in [0.717, 1.165) is 28.6 Å². The summed E-state index contributed by atoms with van der Waals surface area (Å²) in [6, 6.07) is 12.6. The first-order valence-corrected chi connectivity index (χ1v) is 12.8. The molecule has 2 heterocycles. The first-order chi connectivity index (χ1) is 15.4. The molecule has 32 heavy (non-hydrogen) atoms. The maximum Gasteiger partial charge on any atom is 0.246 e. The molecule has 3 aromatic rings. The van der Waals surface area contributed by atoms with Gasteiger partial charge in [0.25, 0.3) is 0 Å². The molecular formula is C22H24ClN3O4S2. The van der Waals surface area contributed by atoms with Crippen LogP contribution in [0.25, 0.3) is 0 Å². The minimum absolute atomic E-state index is 0.0933. The van der Waals surface area contributed by atoms with Gasteiger partial charge < -0.3 is 14.4 Å². The number of ether oxygens (including phenoxy) is 2. The highest BCUT2D eigenvalue weighted by Gasteiger charge is 2.31. The minimum Gasteiger partial charge on any atom is -0.497 e. The summed E-state index contributed by atoms with van der Waals surface area (Å²) in [5, 5.41) is 3.31. The molecular weight excluding hydrogens is 470 g/mol. The fraction of sp³-hybridized carbons (Fsp3) is 0.318. The predicted molar refractivity (Wildman–Crippen MR) is 127 cm³/mol. The van der Waals surface area contributed by atoms with Gasteiger partial charge in [-0.25, -0.2) is 13.4 Å². The van der Waals surface area contributed by atoms with E-state index in [1.807, 2.05) is 18.2 Å². The lowest BCUT2D eigenvalue weighted by molar-refractivity contribution is 0.374. The Morgan fingerprint density at radius 2 is 1.84 bits per heavy atom. The van der Waals surface area contributed by atoms with Gasteiger partial charge in [-0.05, 0) is 35.9 Å². The maximum atomic E-state index is 13.2. The molecule has 0 N–H and O–H groups in total. The van der Waals surface area contributed by atoms with Gasteiger partial charge in [0.2, 0.25) is 10.0 Å². The third-order valence-corrected chi connectivity index (χ3v) is 8.42. The molecule has 1 saturated heterocycles. The van der Waals surface area contributed by atoms with Crippen molar-refractivity contribution in [3.05, 3.63) is 64.1 Å². The minimum atomic E-state index is -3.71. The monoisotopic (exact) mass is 493 g/mol. The lowest BCUT2D eigenvalue weighted by Gasteiger charge is -2.34. The van der Waals surface area contributed by atoms with Gasteiger partial charge >= 0.3 is 0 Å². The Morgan fingerprint density at radius 1 is 1.06 bits per heavy atom. The average molecular weight is 494 g/mol. The molecule has 0 spiro atoms. The largest absolute Gasteiger partial charge is 0.497 e. The highest BCUT2D eigenvalue weighted by molar-refractivity contribution is 7.89. The molecule has 0 saturated carbocycles. The van der Waals surface area contributed by atoms with E-state index in [0.29, 0.717) is 37.0 Å². The zero-order chi connectivity index (χ0) is 22.7. The van der Waals surface area contributed by atoms with Crippen LogP contribution in [0.1, 0.15) is 11.3 Å². The molecule has 0 radical (unpaired) electrons. The van der Waals surface area contributed by atoms with E-state index in [2.05, 4.69) is 16.3 Å². The lowest BCUT2D eigenvalue weighted by atomic mass is 10.1. The van der Waals surface area contributed by atoms with Gasteiger partial charge in [0.1, 0.15) is 16.4 Å². The number of rotatable bonds is 7. The molecule has 0 unspecified atom stereocenters. The van der Waals surface area contributed by atoms with Crippen molar-refractivity contribution >= 4 is 38.1 Å². The molecule has 170 valence electrons. The normalized spacial score (nSPS) is 15.0. The molecule has 2 aromatic carbocycles. The summed E-state index contributed by atoms with van der Waals surface area (Å²) in [6.45, 7) is 1.86. The summed E-state index contributed by atoms with van der Waals surface area (Å²) in [6.07, 6.45) is 0.719. The van der Waals surface area contributed by atoms with E-state index in [-0.39, 0.29) is 4.90 Å².